The molecule has 3 aromatic rings. The standard InChI is InChI=1S/C24H23N5O4S/c1-15-25-26-24(34-15)28-11-9-27(10-12-28)21(30)17-5-8-19-20(13-17)23(32)29(22(19)31)14-16-3-6-18(33-2)7-4-16/h3-8,13H,9-12,14H2,1-2H3. The quantitative estimate of drug-likeness (QED) is 0.521. The minimum atomic E-state index is -0.387. The molecule has 0 radical (unpaired) electrons. The molecule has 0 atom stereocenters. The van der Waals surface area contributed by atoms with Crippen molar-refractivity contribution in [3.05, 3.63) is 69.7 Å². The molecule has 2 aliphatic heterocycles. The van der Waals surface area contributed by atoms with Crippen molar-refractivity contribution in [2.45, 2.75) is 13.5 Å². The molecule has 0 saturated carbocycles. The van der Waals surface area contributed by atoms with Crippen molar-refractivity contribution in [3.63, 3.8) is 0 Å². The summed E-state index contributed by atoms with van der Waals surface area (Å²) in [5, 5.41) is 10.0. The van der Waals surface area contributed by atoms with E-state index < -0.39 is 0 Å². The van der Waals surface area contributed by atoms with Crippen molar-refractivity contribution in [1.82, 2.24) is 20.0 Å². The van der Waals surface area contributed by atoms with E-state index in [1.54, 1.807) is 42.3 Å². The first-order valence-electron chi connectivity index (χ1n) is 10.9. The SMILES string of the molecule is COc1ccc(CN2C(=O)c3ccc(C(=O)N4CCN(c5nnc(C)s5)CC4)cc3C2=O)cc1. The monoisotopic (exact) mass is 477 g/mol. The number of aryl methyl sites for hydroxylation is 1. The number of anilines is 1. The molecule has 0 bridgehead atoms. The second-order valence-electron chi connectivity index (χ2n) is 8.19. The lowest BCUT2D eigenvalue weighted by Crippen LogP contribution is -2.48. The van der Waals surface area contributed by atoms with Gasteiger partial charge in [0, 0.05) is 31.7 Å². The summed E-state index contributed by atoms with van der Waals surface area (Å²) >= 11 is 1.54. The average Bonchev–Trinajstić information content (AvgIpc) is 3.41. The van der Waals surface area contributed by atoms with Crippen molar-refractivity contribution in [2.24, 2.45) is 0 Å². The van der Waals surface area contributed by atoms with Gasteiger partial charge in [0.2, 0.25) is 5.13 Å². The van der Waals surface area contributed by atoms with Gasteiger partial charge in [-0.15, -0.1) is 10.2 Å². The average molecular weight is 478 g/mol. The van der Waals surface area contributed by atoms with Crippen LogP contribution in [0.25, 0.3) is 0 Å². The van der Waals surface area contributed by atoms with E-state index in [1.807, 2.05) is 19.1 Å². The van der Waals surface area contributed by atoms with E-state index in [1.165, 1.54) is 16.2 Å². The molecule has 1 saturated heterocycles. The number of aromatic nitrogens is 2. The summed E-state index contributed by atoms with van der Waals surface area (Å²) in [6, 6.07) is 12.0. The van der Waals surface area contributed by atoms with Crippen LogP contribution in [0.15, 0.2) is 42.5 Å². The summed E-state index contributed by atoms with van der Waals surface area (Å²) in [4.78, 5) is 44.1. The first-order valence-corrected chi connectivity index (χ1v) is 11.7. The van der Waals surface area contributed by atoms with Crippen LogP contribution >= 0.6 is 11.3 Å². The number of carbonyl (C=O) groups is 3. The highest BCUT2D eigenvalue weighted by Gasteiger charge is 2.36. The van der Waals surface area contributed by atoms with E-state index in [-0.39, 0.29) is 29.8 Å². The maximum atomic E-state index is 13.1. The molecule has 2 aliphatic rings. The lowest BCUT2D eigenvalue weighted by atomic mass is 10.0. The van der Waals surface area contributed by atoms with Crippen molar-refractivity contribution in [1.29, 1.82) is 0 Å². The Bertz CT molecular complexity index is 1260. The Hall–Kier alpha value is -3.79. The molecule has 9 nitrogen and oxygen atoms in total. The zero-order valence-corrected chi connectivity index (χ0v) is 19.7. The predicted molar refractivity (Wildman–Crippen MR) is 126 cm³/mol. The maximum Gasteiger partial charge on any atom is 0.261 e. The summed E-state index contributed by atoms with van der Waals surface area (Å²) in [5.74, 6) is -0.184. The third-order valence-corrected chi connectivity index (χ3v) is 6.97. The fourth-order valence-corrected chi connectivity index (χ4v) is 4.92. The highest BCUT2D eigenvalue weighted by Crippen LogP contribution is 2.27. The fraction of sp³-hybridized carbons (Fsp3) is 0.292. The third-order valence-electron chi connectivity index (χ3n) is 6.07. The van der Waals surface area contributed by atoms with Crippen LogP contribution in [0.1, 0.15) is 41.6 Å². The molecular weight excluding hydrogens is 454 g/mol. The molecule has 174 valence electrons. The number of amides is 3. The first kappa shape index (κ1) is 22.0. The van der Waals surface area contributed by atoms with E-state index >= 15 is 0 Å². The van der Waals surface area contributed by atoms with E-state index in [0.717, 1.165) is 15.7 Å². The van der Waals surface area contributed by atoms with E-state index in [2.05, 4.69) is 15.1 Å². The molecule has 34 heavy (non-hydrogen) atoms. The zero-order chi connectivity index (χ0) is 23.8. The molecular formula is C24H23N5O4S. The van der Waals surface area contributed by atoms with Crippen molar-refractivity contribution in [3.8, 4) is 5.75 Å². The number of hydrogen-bond donors (Lipinski definition) is 0. The van der Waals surface area contributed by atoms with Crippen LogP contribution in [0.5, 0.6) is 5.75 Å². The Morgan fingerprint density at radius 2 is 1.68 bits per heavy atom. The van der Waals surface area contributed by atoms with Crippen LogP contribution in [-0.4, -0.2) is 71.0 Å². The molecule has 2 aromatic carbocycles. The fourth-order valence-electron chi connectivity index (χ4n) is 4.18. The summed E-state index contributed by atoms with van der Waals surface area (Å²) in [5.41, 5.74) is 1.82. The molecule has 5 rings (SSSR count). The Morgan fingerprint density at radius 3 is 2.32 bits per heavy atom. The number of hydrogen-bond acceptors (Lipinski definition) is 8. The van der Waals surface area contributed by atoms with Crippen LogP contribution < -0.4 is 9.64 Å². The summed E-state index contributed by atoms with van der Waals surface area (Å²) in [6.45, 7) is 4.50. The molecule has 0 aliphatic carbocycles. The Balaban J connectivity index is 1.28. The van der Waals surface area contributed by atoms with Gasteiger partial charge in [-0.05, 0) is 42.8 Å². The summed E-state index contributed by atoms with van der Waals surface area (Å²) in [7, 11) is 1.58. The number of nitrogens with zero attached hydrogens (tertiary/aromatic N) is 5. The van der Waals surface area contributed by atoms with Gasteiger partial charge in [0.1, 0.15) is 10.8 Å². The molecule has 0 spiro atoms. The van der Waals surface area contributed by atoms with E-state index in [9.17, 15) is 14.4 Å². The van der Waals surface area contributed by atoms with E-state index in [0.29, 0.717) is 43.1 Å². The Morgan fingerprint density at radius 1 is 0.971 bits per heavy atom. The van der Waals surface area contributed by atoms with Gasteiger partial charge in [-0.1, -0.05) is 23.5 Å². The lowest BCUT2D eigenvalue weighted by molar-refractivity contribution is 0.0642. The summed E-state index contributed by atoms with van der Waals surface area (Å²) in [6.07, 6.45) is 0. The highest BCUT2D eigenvalue weighted by atomic mass is 32.1. The normalized spacial score (nSPS) is 15.6. The molecule has 3 amide bonds. The van der Waals surface area contributed by atoms with Gasteiger partial charge >= 0.3 is 0 Å². The van der Waals surface area contributed by atoms with Crippen molar-refractivity contribution < 1.29 is 19.1 Å². The predicted octanol–water partition coefficient (Wildman–Crippen LogP) is 2.61. The van der Waals surface area contributed by atoms with Crippen LogP contribution in [0.2, 0.25) is 0 Å². The Kier molecular flexibility index (Phi) is 5.74. The van der Waals surface area contributed by atoms with Gasteiger partial charge in [-0.3, -0.25) is 19.3 Å². The van der Waals surface area contributed by atoms with Gasteiger partial charge in [0.25, 0.3) is 17.7 Å². The van der Waals surface area contributed by atoms with Gasteiger partial charge in [-0.2, -0.15) is 0 Å². The maximum absolute atomic E-state index is 13.1. The lowest BCUT2D eigenvalue weighted by Gasteiger charge is -2.34. The molecule has 3 heterocycles. The molecule has 1 aromatic heterocycles. The number of piperazine rings is 1. The summed E-state index contributed by atoms with van der Waals surface area (Å²) < 4.78 is 5.16. The number of rotatable bonds is 5. The number of benzene rings is 2. The van der Waals surface area contributed by atoms with E-state index in [4.69, 9.17) is 4.74 Å². The van der Waals surface area contributed by atoms with Crippen molar-refractivity contribution >= 4 is 34.2 Å². The number of carbonyl (C=O) groups excluding carboxylic acids is 3. The molecule has 1 fully saturated rings. The van der Waals surface area contributed by atoms with Crippen LogP contribution in [0.3, 0.4) is 0 Å². The minimum Gasteiger partial charge on any atom is -0.497 e. The van der Waals surface area contributed by atoms with Crippen LogP contribution in [-0.2, 0) is 6.54 Å². The van der Waals surface area contributed by atoms with Gasteiger partial charge in [0.15, 0.2) is 0 Å². The first-order chi connectivity index (χ1) is 16.4. The number of imide groups is 1. The number of methoxy groups -OCH3 is 1. The number of ether oxygens (including phenoxy) is 1. The highest BCUT2D eigenvalue weighted by molar-refractivity contribution is 7.15. The minimum absolute atomic E-state index is 0.148. The molecule has 0 N–H and O–H groups in total. The second-order valence-corrected chi connectivity index (χ2v) is 9.35. The smallest absolute Gasteiger partial charge is 0.261 e. The van der Waals surface area contributed by atoms with Gasteiger partial charge < -0.3 is 14.5 Å². The second kappa shape index (κ2) is 8.86. The largest absolute Gasteiger partial charge is 0.497 e. The molecule has 10 heteroatoms. The third kappa shape index (κ3) is 4.01. The van der Waals surface area contributed by atoms with Crippen molar-refractivity contribution in [2.75, 3.05) is 38.2 Å². The number of fused-ring (bicyclic) bond motifs is 1. The van der Waals surface area contributed by atoms with Gasteiger partial charge in [-0.25, -0.2) is 0 Å². The zero-order valence-electron chi connectivity index (χ0n) is 18.9. The van der Waals surface area contributed by atoms with Crippen LogP contribution in [0, 0.1) is 6.92 Å². The Labute approximate surface area is 200 Å². The molecule has 0 unspecified atom stereocenters. The topological polar surface area (TPSA) is 95.9 Å². The van der Waals surface area contributed by atoms with Gasteiger partial charge in [0.05, 0.1) is 24.8 Å². The van der Waals surface area contributed by atoms with Crippen LogP contribution in [0.4, 0.5) is 5.13 Å².